The van der Waals surface area contributed by atoms with Crippen molar-refractivity contribution in [2.45, 2.75) is 50.9 Å². The molecule has 2 aromatic carbocycles. The number of amides is 1. The number of nitrogens with zero attached hydrogens (tertiary/aromatic N) is 2. The lowest BCUT2D eigenvalue weighted by Gasteiger charge is -2.34. The molecule has 1 aromatic heterocycles. The minimum Gasteiger partial charge on any atom is -0.490 e. The Bertz CT molecular complexity index is 1080. The summed E-state index contributed by atoms with van der Waals surface area (Å²) in [7, 11) is 0. The van der Waals surface area contributed by atoms with Crippen LogP contribution < -0.4 is 15.2 Å². The van der Waals surface area contributed by atoms with Gasteiger partial charge in [-0.25, -0.2) is 14.8 Å². The van der Waals surface area contributed by atoms with Crippen LogP contribution in [0.3, 0.4) is 0 Å². The van der Waals surface area contributed by atoms with E-state index in [2.05, 4.69) is 48.1 Å². The van der Waals surface area contributed by atoms with Crippen molar-refractivity contribution in [2.75, 3.05) is 0 Å². The Labute approximate surface area is 197 Å². The van der Waals surface area contributed by atoms with Gasteiger partial charge in [0.15, 0.2) is 0 Å². The van der Waals surface area contributed by atoms with E-state index in [-0.39, 0.29) is 22.9 Å². The van der Waals surface area contributed by atoms with Crippen molar-refractivity contribution in [3.63, 3.8) is 0 Å². The molecule has 33 heavy (non-hydrogen) atoms. The van der Waals surface area contributed by atoms with E-state index in [1.807, 2.05) is 24.3 Å². The quantitative estimate of drug-likeness (QED) is 0.466. The zero-order chi connectivity index (χ0) is 23.4. The third-order valence-corrected chi connectivity index (χ3v) is 6.06. The van der Waals surface area contributed by atoms with Crippen LogP contribution in [0.4, 0.5) is 4.79 Å². The molecule has 8 heteroatoms. The molecule has 0 aliphatic heterocycles. The molecule has 0 unspecified atom stereocenters. The fraction of sp³-hybridized carbons (Fsp3) is 0.320. The van der Waals surface area contributed by atoms with E-state index in [4.69, 9.17) is 31.5 Å². The van der Waals surface area contributed by atoms with Crippen molar-refractivity contribution in [1.29, 1.82) is 0 Å². The van der Waals surface area contributed by atoms with Gasteiger partial charge in [0, 0.05) is 36.2 Å². The van der Waals surface area contributed by atoms with Crippen molar-refractivity contribution in [3.8, 4) is 11.5 Å². The number of hydrogen-bond acceptors (Lipinski definition) is 6. The number of carbonyl (C=O) groups excluding carboxylic acids is 1. The first-order chi connectivity index (χ1) is 15.8. The molecule has 1 aliphatic carbocycles. The van der Waals surface area contributed by atoms with E-state index in [9.17, 15) is 4.79 Å². The Kier molecular flexibility index (Phi) is 6.70. The van der Waals surface area contributed by atoms with Crippen LogP contribution in [0.25, 0.3) is 0 Å². The summed E-state index contributed by atoms with van der Waals surface area (Å²) in [4.78, 5) is 18.7. The molecule has 0 radical (unpaired) electrons. The summed E-state index contributed by atoms with van der Waals surface area (Å²) in [6, 6.07) is 16.2. The van der Waals surface area contributed by atoms with Crippen LogP contribution in [-0.4, -0.2) is 28.3 Å². The number of rotatable bonds is 8. The van der Waals surface area contributed by atoms with Crippen LogP contribution in [-0.2, 0) is 16.8 Å². The van der Waals surface area contributed by atoms with Gasteiger partial charge in [-0.3, -0.25) is 0 Å². The standard InChI is InChI=1S/C25H26ClN3O4/c1-25(2,17-3-7-19(8-4-17)31-15-16-13-28-23(26)29-14-16)18-5-9-20(10-6-18)32-21-11-22(12-21)33-24(27)30/h3-10,13-14,21-22H,11-12,15H2,1-2H3,(H2,27,30). The second kappa shape index (κ2) is 9.67. The minimum absolute atomic E-state index is 0.0418. The average Bonchev–Trinajstić information content (AvgIpc) is 2.78. The fourth-order valence-electron chi connectivity index (χ4n) is 3.73. The molecule has 0 saturated heterocycles. The van der Waals surface area contributed by atoms with Gasteiger partial charge in [0.2, 0.25) is 5.28 Å². The molecule has 1 amide bonds. The van der Waals surface area contributed by atoms with Gasteiger partial charge in [-0.15, -0.1) is 0 Å². The van der Waals surface area contributed by atoms with E-state index < -0.39 is 6.09 Å². The summed E-state index contributed by atoms with van der Waals surface area (Å²) in [5.74, 6) is 1.57. The maximum atomic E-state index is 10.8. The smallest absolute Gasteiger partial charge is 0.404 e. The first-order valence-electron chi connectivity index (χ1n) is 10.7. The molecule has 0 atom stereocenters. The van der Waals surface area contributed by atoms with Crippen molar-refractivity contribution in [3.05, 3.63) is 82.9 Å². The van der Waals surface area contributed by atoms with E-state index >= 15 is 0 Å². The van der Waals surface area contributed by atoms with Crippen LogP contribution in [0.1, 0.15) is 43.4 Å². The number of benzene rings is 2. The molecule has 1 fully saturated rings. The largest absolute Gasteiger partial charge is 0.490 e. The van der Waals surface area contributed by atoms with Gasteiger partial charge < -0.3 is 19.9 Å². The maximum absolute atomic E-state index is 10.8. The van der Waals surface area contributed by atoms with Gasteiger partial charge in [0.1, 0.15) is 30.3 Å². The molecule has 0 bridgehead atoms. The van der Waals surface area contributed by atoms with Crippen LogP contribution in [0.2, 0.25) is 5.28 Å². The molecule has 172 valence electrons. The summed E-state index contributed by atoms with van der Waals surface area (Å²) in [6.45, 7) is 4.74. The average molecular weight is 468 g/mol. The summed E-state index contributed by atoms with van der Waals surface area (Å²) in [5, 5.41) is 0.219. The second-order valence-corrected chi connectivity index (χ2v) is 8.93. The summed E-state index contributed by atoms with van der Waals surface area (Å²) >= 11 is 5.71. The molecule has 1 aliphatic rings. The molecule has 0 spiro atoms. The normalized spacial score (nSPS) is 17.7. The lowest BCUT2D eigenvalue weighted by atomic mass is 9.78. The minimum atomic E-state index is -0.735. The van der Waals surface area contributed by atoms with E-state index in [0.29, 0.717) is 19.4 Å². The number of aromatic nitrogens is 2. The third-order valence-electron chi connectivity index (χ3n) is 5.87. The number of carbonyl (C=O) groups is 1. The Morgan fingerprint density at radius 3 is 2.06 bits per heavy atom. The van der Waals surface area contributed by atoms with Gasteiger partial charge in [-0.2, -0.15) is 0 Å². The first kappa shape index (κ1) is 22.9. The summed E-state index contributed by atoms with van der Waals surface area (Å²) in [5.41, 5.74) is 8.04. The lowest BCUT2D eigenvalue weighted by molar-refractivity contribution is -0.0197. The SMILES string of the molecule is CC(C)(c1ccc(OCc2cnc(Cl)nc2)cc1)c1ccc(OC2CC(OC(N)=O)C2)cc1. The zero-order valence-corrected chi connectivity index (χ0v) is 19.3. The van der Waals surface area contributed by atoms with Crippen molar-refractivity contribution in [1.82, 2.24) is 9.97 Å². The highest BCUT2D eigenvalue weighted by Gasteiger charge is 2.33. The number of halogens is 1. The number of primary amides is 1. The van der Waals surface area contributed by atoms with Gasteiger partial charge in [0.25, 0.3) is 0 Å². The van der Waals surface area contributed by atoms with E-state index in [0.717, 1.165) is 17.1 Å². The van der Waals surface area contributed by atoms with Crippen LogP contribution in [0.5, 0.6) is 11.5 Å². The molecule has 7 nitrogen and oxygen atoms in total. The Morgan fingerprint density at radius 2 is 1.52 bits per heavy atom. The summed E-state index contributed by atoms with van der Waals surface area (Å²) < 4.78 is 16.7. The van der Waals surface area contributed by atoms with Crippen molar-refractivity contribution >= 4 is 17.7 Å². The van der Waals surface area contributed by atoms with Crippen LogP contribution >= 0.6 is 11.6 Å². The molecular formula is C25H26ClN3O4. The van der Waals surface area contributed by atoms with Crippen molar-refractivity contribution < 1.29 is 19.0 Å². The van der Waals surface area contributed by atoms with Crippen LogP contribution in [0, 0.1) is 0 Å². The predicted molar refractivity (Wildman–Crippen MR) is 124 cm³/mol. The monoisotopic (exact) mass is 467 g/mol. The van der Waals surface area contributed by atoms with Crippen LogP contribution in [0.15, 0.2) is 60.9 Å². The van der Waals surface area contributed by atoms with Gasteiger partial charge in [-0.05, 0) is 47.0 Å². The third kappa shape index (κ3) is 5.73. The maximum Gasteiger partial charge on any atom is 0.404 e. The highest BCUT2D eigenvalue weighted by molar-refractivity contribution is 6.28. The fourth-order valence-corrected chi connectivity index (χ4v) is 3.83. The van der Waals surface area contributed by atoms with Gasteiger partial charge >= 0.3 is 6.09 Å². The van der Waals surface area contributed by atoms with Gasteiger partial charge in [0.05, 0.1) is 0 Å². The Balaban J connectivity index is 1.33. The van der Waals surface area contributed by atoms with E-state index in [1.54, 1.807) is 12.4 Å². The van der Waals surface area contributed by atoms with Gasteiger partial charge in [-0.1, -0.05) is 38.1 Å². The number of nitrogens with two attached hydrogens (primary N) is 1. The molecule has 1 heterocycles. The molecule has 2 N–H and O–H groups in total. The second-order valence-electron chi connectivity index (χ2n) is 8.59. The Morgan fingerprint density at radius 1 is 0.970 bits per heavy atom. The topological polar surface area (TPSA) is 96.6 Å². The lowest BCUT2D eigenvalue weighted by Crippen LogP contribution is -2.41. The molecule has 4 rings (SSSR count). The van der Waals surface area contributed by atoms with E-state index in [1.165, 1.54) is 11.1 Å². The Hall–Kier alpha value is -3.32. The molecule has 3 aromatic rings. The predicted octanol–water partition coefficient (Wildman–Crippen LogP) is 5.04. The van der Waals surface area contributed by atoms with Crippen molar-refractivity contribution in [2.24, 2.45) is 5.73 Å². The number of ether oxygens (including phenoxy) is 3. The number of hydrogen-bond donors (Lipinski definition) is 1. The highest BCUT2D eigenvalue weighted by Crippen LogP contribution is 2.34. The zero-order valence-electron chi connectivity index (χ0n) is 18.5. The molecular weight excluding hydrogens is 442 g/mol. The highest BCUT2D eigenvalue weighted by atomic mass is 35.5. The summed E-state index contributed by atoms with van der Waals surface area (Å²) in [6.07, 6.45) is 3.79. The first-order valence-corrected chi connectivity index (χ1v) is 11.1. The molecule has 1 saturated carbocycles.